The third-order valence-corrected chi connectivity index (χ3v) is 13.9. The lowest BCUT2D eigenvalue weighted by Gasteiger charge is -2.40. The molecular weight excluding hydrogens is 527 g/mol. The molecule has 0 saturated heterocycles. The molecule has 0 unspecified atom stereocenters. The maximum atomic E-state index is 4.34. The van der Waals surface area contributed by atoms with E-state index < -0.39 is 19.4 Å². The topological polar surface area (TPSA) is 12.0 Å². The Hall–Kier alpha value is -4.29. The maximum Gasteiger partial charge on any atom is 0.105 e. The quantitative estimate of drug-likeness (QED) is 0.144. The van der Waals surface area contributed by atoms with E-state index in [1.165, 1.54) is 33.4 Å². The molecule has 0 atom stereocenters. The zero-order chi connectivity index (χ0) is 27.8. The van der Waals surface area contributed by atoms with Gasteiger partial charge in [0.05, 0.1) is 0 Å². The zero-order valence-electron chi connectivity index (χ0n) is 23.2. The normalized spacial score (nSPS) is 12.3. The van der Waals surface area contributed by atoms with Gasteiger partial charge in [0.25, 0.3) is 0 Å². The summed E-state index contributed by atoms with van der Waals surface area (Å²) in [5.41, 5.74) is 8.14. The van der Waals surface area contributed by atoms with Crippen LogP contribution in [0.25, 0.3) is 0 Å². The second kappa shape index (κ2) is 12.5. The fourth-order valence-corrected chi connectivity index (χ4v) is 12.5. The van der Waals surface area contributed by atoms with Crippen molar-refractivity contribution in [2.24, 2.45) is 0 Å². The second-order valence-electron chi connectivity index (χ2n) is 10.6. The van der Waals surface area contributed by atoms with Crippen molar-refractivity contribution in [1.29, 1.82) is 0 Å². The van der Waals surface area contributed by atoms with Crippen LogP contribution in [0.15, 0.2) is 182 Å². The van der Waals surface area contributed by atoms with E-state index in [1.807, 2.05) is 0 Å². The Morgan fingerprint density at radius 1 is 0.268 bits per heavy atom. The first-order valence-electron chi connectivity index (χ1n) is 14.4. The van der Waals surface area contributed by atoms with Crippen LogP contribution in [0.5, 0.6) is 0 Å². The van der Waals surface area contributed by atoms with Crippen molar-refractivity contribution in [3.05, 3.63) is 215 Å². The molecule has 0 aromatic heterocycles. The molecule has 0 radical (unpaired) electrons. The molecule has 0 heterocycles. The Kier molecular flexibility index (Phi) is 8.19. The van der Waals surface area contributed by atoms with Crippen molar-refractivity contribution in [2.75, 3.05) is 0 Å². The van der Waals surface area contributed by atoms with Crippen LogP contribution in [0.1, 0.15) is 33.4 Å². The molecular formula is C38H35NSi2. The Morgan fingerprint density at radius 2 is 0.439 bits per heavy atom. The molecule has 0 spiro atoms. The third kappa shape index (κ3) is 5.28. The molecule has 0 aliphatic rings. The summed E-state index contributed by atoms with van der Waals surface area (Å²) in [6, 6.07) is 66.7. The second-order valence-corrected chi connectivity index (χ2v) is 15.4. The van der Waals surface area contributed by atoms with Crippen LogP contribution in [0, 0.1) is 0 Å². The van der Waals surface area contributed by atoms with Crippen LogP contribution in [0.3, 0.4) is 0 Å². The smallest absolute Gasteiger partial charge is 0.105 e. The first-order chi connectivity index (χ1) is 20.3. The Balaban J connectivity index is 1.50. The van der Waals surface area contributed by atoms with E-state index in [9.17, 15) is 0 Å². The first-order valence-corrected chi connectivity index (χ1v) is 17.2. The van der Waals surface area contributed by atoms with Crippen LogP contribution in [-0.2, 0) is 10.1 Å². The summed E-state index contributed by atoms with van der Waals surface area (Å²) < 4.78 is 4.34. The van der Waals surface area contributed by atoms with Crippen molar-refractivity contribution in [3.8, 4) is 0 Å². The summed E-state index contributed by atoms with van der Waals surface area (Å²) in [6.07, 6.45) is 0. The minimum Gasteiger partial charge on any atom is -0.367 e. The highest BCUT2D eigenvalue weighted by molar-refractivity contribution is 6.57. The Bertz CT molecular complexity index is 1310. The van der Waals surface area contributed by atoms with E-state index >= 15 is 0 Å². The highest BCUT2D eigenvalue weighted by Crippen LogP contribution is 2.40. The molecule has 41 heavy (non-hydrogen) atoms. The highest BCUT2D eigenvalue weighted by Gasteiger charge is 2.40. The summed E-state index contributed by atoms with van der Waals surface area (Å²) in [7, 11) is -1.92. The number of nitrogens with one attached hydrogen (secondary N) is 1. The summed E-state index contributed by atoms with van der Waals surface area (Å²) in [4.78, 5) is 0. The van der Waals surface area contributed by atoms with Crippen molar-refractivity contribution < 1.29 is 0 Å². The zero-order valence-corrected chi connectivity index (χ0v) is 26.1. The van der Waals surface area contributed by atoms with Crippen molar-refractivity contribution in [2.45, 2.75) is 10.1 Å². The summed E-state index contributed by atoms with van der Waals surface area (Å²) >= 11 is 0. The molecule has 0 amide bonds. The Labute approximate surface area is 248 Å². The van der Waals surface area contributed by atoms with E-state index in [0.717, 1.165) is 0 Å². The minimum absolute atomic E-state index is 0.202. The standard InChI is InChI=1S/C38H35NSi2/c1-7-19-31(20-8-1)37(32-21-9-2-10-22-32,33-23-11-3-12-24-33)40-39-41-38(34-25-13-4-14-26-34,35-27-15-5-16-28-35)36-29-17-6-18-30-36/h1-30,39H,40-41H2. The highest BCUT2D eigenvalue weighted by atomic mass is 28.3. The minimum atomic E-state index is -0.959. The van der Waals surface area contributed by atoms with Crippen LogP contribution in [-0.4, -0.2) is 19.4 Å². The SMILES string of the molecule is c1ccc(C([SiH2]N[SiH2]C(c2ccccc2)(c2ccccc2)c2ccccc2)(c2ccccc2)c2ccccc2)cc1. The average molecular weight is 562 g/mol. The van der Waals surface area contributed by atoms with Crippen molar-refractivity contribution in [1.82, 2.24) is 4.65 Å². The van der Waals surface area contributed by atoms with Crippen molar-refractivity contribution >= 4 is 19.4 Å². The van der Waals surface area contributed by atoms with Gasteiger partial charge in [-0.3, -0.25) is 0 Å². The lowest BCUT2D eigenvalue weighted by atomic mass is 9.84. The van der Waals surface area contributed by atoms with Gasteiger partial charge in [-0.1, -0.05) is 182 Å². The molecule has 6 aromatic rings. The molecule has 3 heteroatoms. The summed E-state index contributed by atoms with van der Waals surface area (Å²) in [5.74, 6) is 0. The fourth-order valence-electron chi connectivity index (χ4n) is 6.39. The molecule has 1 N–H and O–H groups in total. The summed E-state index contributed by atoms with van der Waals surface area (Å²) in [6.45, 7) is 0. The van der Waals surface area contributed by atoms with Gasteiger partial charge in [0, 0.05) is 10.1 Å². The molecule has 0 aliphatic heterocycles. The number of benzene rings is 6. The van der Waals surface area contributed by atoms with Crippen LogP contribution in [0.4, 0.5) is 0 Å². The number of hydrogen-bond donors (Lipinski definition) is 1. The van der Waals surface area contributed by atoms with E-state index in [4.69, 9.17) is 0 Å². The average Bonchev–Trinajstić information content (AvgIpc) is 3.08. The van der Waals surface area contributed by atoms with E-state index in [1.54, 1.807) is 0 Å². The van der Waals surface area contributed by atoms with Gasteiger partial charge in [-0.2, -0.15) is 0 Å². The summed E-state index contributed by atoms with van der Waals surface area (Å²) in [5, 5.41) is -0.404. The van der Waals surface area contributed by atoms with Gasteiger partial charge in [0.1, 0.15) is 19.4 Å². The van der Waals surface area contributed by atoms with Gasteiger partial charge < -0.3 is 4.65 Å². The molecule has 6 aromatic carbocycles. The predicted octanol–water partition coefficient (Wildman–Crippen LogP) is 6.73. The first kappa shape index (κ1) is 26.9. The van der Waals surface area contributed by atoms with E-state index in [0.29, 0.717) is 0 Å². The maximum absolute atomic E-state index is 4.34. The molecule has 1 nitrogen and oxygen atoms in total. The molecule has 0 fully saturated rings. The molecule has 0 aliphatic carbocycles. The van der Waals surface area contributed by atoms with Gasteiger partial charge in [-0.25, -0.2) is 0 Å². The lowest BCUT2D eigenvalue weighted by molar-refractivity contribution is 0.834. The van der Waals surface area contributed by atoms with Crippen molar-refractivity contribution in [3.63, 3.8) is 0 Å². The monoisotopic (exact) mass is 561 g/mol. The van der Waals surface area contributed by atoms with E-state index in [-0.39, 0.29) is 10.1 Å². The largest absolute Gasteiger partial charge is 0.367 e. The van der Waals surface area contributed by atoms with Crippen LogP contribution < -0.4 is 4.65 Å². The predicted molar refractivity (Wildman–Crippen MR) is 179 cm³/mol. The van der Waals surface area contributed by atoms with Gasteiger partial charge in [-0.15, -0.1) is 0 Å². The molecule has 0 bridgehead atoms. The number of rotatable bonds is 10. The molecule has 6 rings (SSSR count). The van der Waals surface area contributed by atoms with Crippen LogP contribution in [0.2, 0.25) is 0 Å². The van der Waals surface area contributed by atoms with Gasteiger partial charge in [-0.05, 0) is 33.4 Å². The van der Waals surface area contributed by atoms with Crippen LogP contribution >= 0.6 is 0 Å². The lowest BCUT2D eigenvalue weighted by Crippen LogP contribution is -2.51. The van der Waals surface area contributed by atoms with E-state index in [2.05, 4.69) is 187 Å². The molecule has 200 valence electrons. The Morgan fingerprint density at radius 3 is 0.610 bits per heavy atom. The fraction of sp³-hybridized carbons (Fsp3) is 0.0526. The van der Waals surface area contributed by atoms with Gasteiger partial charge in [0.15, 0.2) is 0 Å². The van der Waals surface area contributed by atoms with Gasteiger partial charge in [0.2, 0.25) is 0 Å². The van der Waals surface area contributed by atoms with Gasteiger partial charge >= 0.3 is 0 Å². The third-order valence-electron chi connectivity index (χ3n) is 8.38. The molecule has 0 saturated carbocycles. The number of hydrogen-bond acceptors (Lipinski definition) is 1.